The molecule has 0 amide bonds. The first-order valence-electron chi connectivity index (χ1n) is 6.42. The zero-order valence-corrected chi connectivity index (χ0v) is 12.4. The van der Waals surface area contributed by atoms with Crippen molar-refractivity contribution in [2.24, 2.45) is 5.92 Å². The molecule has 2 unspecified atom stereocenters. The molecule has 3 heteroatoms. The summed E-state index contributed by atoms with van der Waals surface area (Å²) in [6, 6.07) is 0.647. The SMILES string of the molecule is CSC(C)(C)CNC(C)C1CCCN(C)C1. The number of rotatable bonds is 5. The molecule has 2 nitrogen and oxygen atoms in total. The molecule has 1 fully saturated rings. The van der Waals surface area contributed by atoms with Gasteiger partial charge in [-0.15, -0.1) is 0 Å². The van der Waals surface area contributed by atoms with Crippen molar-refractivity contribution in [2.75, 3.05) is 32.9 Å². The number of nitrogens with one attached hydrogen (secondary N) is 1. The average molecular weight is 244 g/mol. The van der Waals surface area contributed by atoms with Gasteiger partial charge in [0.15, 0.2) is 0 Å². The first-order valence-corrected chi connectivity index (χ1v) is 7.64. The minimum absolute atomic E-state index is 0.356. The van der Waals surface area contributed by atoms with Crippen molar-refractivity contribution in [3.8, 4) is 0 Å². The number of hydrogen-bond acceptors (Lipinski definition) is 3. The van der Waals surface area contributed by atoms with Crippen molar-refractivity contribution in [1.82, 2.24) is 10.2 Å². The van der Waals surface area contributed by atoms with Crippen molar-refractivity contribution in [3.05, 3.63) is 0 Å². The molecule has 0 aromatic rings. The minimum Gasteiger partial charge on any atom is -0.313 e. The molecule has 2 atom stereocenters. The third-order valence-corrected chi connectivity index (χ3v) is 5.02. The van der Waals surface area contributed by atoms with E-state index in [1.54, 1.807) is 0 Å². The average Bonchev–Trinajstić information content (AvgIpc) is 2.26. The largest absolute Gasteiger partial charge is 0.313 e. The molecule has 0 aliphatic carbocycles. The fourth-order valence-corrected chi connectivity index (χ4v) is 2.49. The molecule has 0 spiro atoms. The Morgan fingerprint density at radius 3 is 2.75 bits per heavy atom. The maximum Gasteiger partial charge on any atom is 0.0225 e. The van der Waals surface area contributed by atoms with E-state index >= 15 is 0 Å². The summed E-state index contributed by atoms with van der Waals surface area (Å²) in [5.41, 5.74) is 0. The van der Waals surface area contributed by atoms with Gasteiger partial charge in [-0.05, 0) is 59.4 Å². The monoisotopic (exact) mass is 244 g/mol. The van der Waals surface area contributed by atoms with E-state index in [9.17, 15) is 0 Å². The van der Waals surface area contributed by atoms with Crippen LogP contribution >= 0.6 is 11.8 Å². The van der Waals surface area contributed by atoms with Gasteiger partial charge >= 0.3 is 0 Å². The molecular weight excluding hydrogens is 216 g/mol. The highest BCUT2D eigenvalue weighted by Crippen LogP contribution is 2.22. The summed E-state index contributed by atoms with van der Waals surface area (Å²) in [4.78, 5) is 2.46. The van der Waals surface area contributed by atoms with Crippen LogP contribution in [0.1, 0.15) is 33.6 Å². The predicted molar refractivity (Wildman–Crippen MR) is 75.3 cm³/mol. The molecule has 1 heterocycles. The number of piperidine rings is 1. The molecule has 1 rings (SSSR count). The van der Waals surface area contributed by atoms with Crippen molar-refractivity contribution >= 4 is 11.8 Å². The predicted octanol–water partition coefficient (Wildman–Crippen LogP) is 2.45. The van der Waals surface area contributed by atoms with Crippen molar-refractivity contribution in [2.45, 2.75) is 44.4 Å². The van der Waals surface area contributed by atoms with Crippen LogP contribution in [-0.2, 0) is 0 Å². The Morgan fingerprint density at radius 1 is 1.50 bits per heavy atom. The van der Waals surface area contributed by atoms with Crippen LogP contribution in [0.4, 0.5) is 0 Å². The van der Waals surface area contributed by atoms with E-state index in [4.69, 9.17) is 0 Å². The van der Waals surface area contributed by atoms with Crippen LogP contribution in [0.25, 0.3) is 0 Å². The molecule has 16 heavy (non-hydrogen) atoms. The molecule has 0 saturated carbocycles. The third kappa shape index (κ3) is 4.64. The lowest BCUT2D eigenvalue weighted by Gasteiger charge is -2.35. The van der Waals surface area contributed by atoms with Gasteiger partial charge in [0, 0.05) is 23.9 Å². The number of hydrogen-bond donors (Lipinski definition) is 1. The van der Waals surface area contributed by atoms with Gasteiger partial charge in [0.2, 0.25) is 0 Å². The lowest BCUT2D eigenvalue weighted by Crippen LogP contribution is -2.46. The van der Waals surface area contributed by atoms with E-state index < -0.39 is 0 Å². The Balaban J connectivity index is 2.31. The second kappa shape index (κ2) is 6.27. The molecule has 1 N–H and O–H groups in total. The normalized spacial score (nSPS) is 25.7. The molecule has 1 aliphatic rings. The first-order chi connectivity index (χ1) is 7.44. The highest BCUT2D eigenvalue weighted by atomic mass is 32.2. The number of nitrogens with zero attached hydrogens (tertiary/aromatic N) is 1. The molecular formula is C13H28N2S. The van der Waals surface area contributed by atoms with Crippen molar-refractivity contribution in [3.63, 3.8) is 0 Å². The smallest absolute Gasteiger partial charge is 0.0225 e. The summed E-state index contributed by atoms with van der Waals surface area (Å²) in [7, 11) is 2.24. The van der Waals surface area contributed by atoms with Gasteiger partial charge in [0.25, 0.3) is 0 Å². The van der Waals surface area contributed by atoms with Gasteiger partial charge in [0.05, 0.1) is 0 Å². The maximum atomic E-state index is 3.72. The lowest BCUT2D eigenvalue weighted by molar-refractivity contribution is 0.178. The minimum atomic E-state index is 0.356. The Hall–Kier alpha value is 0.270. The molecule has 0 aromatic carbocycles. The standard InChI is InChI=1S/C13H28N2S/c1-11(14-10-13(2,3)16-5)12-7-6-8-15(4)9-12/h11-12,14H,6-10H2,1-5H3. The van der Waals surface area contributed by atoms with E-state index in [2.05, 4.69) is 44.3 Å². The maximum absolute atomic E-state index is 3.72. The van der Waals surface area contributed by atoms with E-state index in [0.29, 0.717) is 10.8 Å². The van der Waals surface area contributed by atoms with E-state index in [1.807, 2.05) is 11.8 Å². The summed E-state index contributed by atoms with van der Waals surface area (Å²) >= 11 is 1.94. The quantitative estimate of drug-likeness (QED) is 0.800. The fraction of sp³-hybridized carbons (Fsp3) is 1.00. The molecule has 0 radical (unpaired) electrons. The summed E-state index contributed by atoms with van der Waals surface area (Å²) in [6.07, 6.45) is 4.94. The van der Waals surface area contributed by atoms with E-state index in [1.165, 1.54) is 25.9 Å². The Morgan fingerprint density at radius 2 is 2.19 bits per heavy atom. The van der Waals surface area contributed by atoms with Crippen LogP contribution in [0.2, 0.25) is 0 Å². The fourth-order valence-electron chi connectivity index (χ4n) is 2.26. The van der Waals surface area contributed by atoms with Gasteiger partial charge < -0.3 is 10.2 Å². The highest BCUT2D eigenvalue weighted by molar-refractivity contribution is 7.99. The van der Waals surface area contributed by atoms with Crippen LogP contribution < -0.4 is 5.32 Å². The third-order valence-electron chi connectivity index (χ3n) is 3.77. The van der Waals surface area contributed by atoms with E-state index in [0.717, 1.165) is 12.5 Å². The topological polar surface area (TPSA) is 15.3 Å². The summed E-state index contributed by atoms with van der Waals surface area (Å²) < 4.78 is 0.356. The second-order valence-electron chi connectivity index (χ2n) is 5.80. The van der Waals surface area contributed by atoms with Crippen molar-refractivity contribution in [1.29, 1.82) is 0 Å². The number of thioether (sulfide) groups is 1. The summed E-state index contributed by atoms with van der Waals surface area (Å²) in [5.74, 6) is 0.830. The molecule has 0 aromatic heterocycles. The molecule has 1 saturated heterocycles. The number of likely N-dealkylation sites (tertiary alicyclic amines) is 1. The van der Waals surface area contributed by atoms with E-state index in [-0.39, 0.29) is 0 Å². The van der Waals surface area contributed by atoms with Gasteiger partial charge in [-0.3, -0.25) is 0 Å². The Labute approximate surface area is 106 Å². The van der Waals surface area contributed by atoms with Crippen LogP contribution in [0.15, 0.2) is 0 Å². The van der Waals surface area contributed by atoms with Crippen LogP contribution in [0.3, 0.4) is 0 Å². The van der Waals surface area contributed by atoms with Gasteiger partial charge in [-0.2, -0.15) is 11.8 Å². The second-order valence-corrected chi connectivity index (χ2v) is 7.31. The van der Waals surface area contributed by atoms with Gasteiger partial charge in [-0.1, -0.05) is 0 Å². The summed E-state index contributed by atoms with van der Waals surface area (Å²) in [6.45, 7) is 10.6. The molecule has 1 aliphatic heterocycles. The van der Waals surface area contributed by atoms with Gasteiger partial charge in [-0.25, -0.2) is 0 Å². The van der Waals surface area contributed by atoms with Crippen LogP contribution in [0, 0.1) is 5.92 Å². The molecule has 96 valence electrons. The van der Waals surface area contributed by atoms with Gasteiger partial charge in [0.1, 0.15) is 0 Å². The Bertz CT molecular complexity index is 206. The zero-order chi connectivity index (χ0) is 12.2. The van der Waals surface area contributed by atoms with Crippen LogP contribution in [-0.4, -0.2) is 48.6 Å². The first kappa shape index (κ1) is 14.3. The highest BCUT2D eigenvalue weighted by Gasteiger charge is 2.24. The zero-order valence-electron chi connectivity index (χ0n) is 11.5. The summed E-state index contributed by atoms with van der Waals surface area (Å²) in [5, 5.41) is 3.72. The van der Waals surface area contributed by atoms with Crippen LogP contribution in [0.5, 0.6) is 0 Å². The van der Waals surface area contributed by atoms with Crippen molar-refractivity contribution < 1.29 is 0 Å². The molecule has 0 bridgehead atoms. The Kier molecular flexibility index (Phi) is 5.62. The lowest BCUT2D eigenvalue weighted by atomic mass is 9.91.